The van der Waals surface area contributed by atoms with Crippen LogP contribution in [0, 0.1) is 0 Å². The molecule has 0 radical (unpaired) electrons. The SMILES string of the molecule is CNc1nn(-c2cccc(OC)c2)c(NC)c1NC. The van der Waals surface area contributed by atoms with Gasteiger partial charge in [-0.25, -0.2) is 4.68 Å². The van der Waals surface area contributed by atoms with Crippen LogP contribution < -0.4 is 20.7 Å². The summed E-state index contributed by atoms with van der Waals surface area (Å²) in [7, 11) is 7.24. The summed E-state index contributed by atoms with van der Waals surface area (Å²) in [6, 6.07) is 7.76. The van der Waals surface area contributed by atoms with Gasteiger partial charge in [0.1, 0.15) is 11.4 Å². The Bertz CT molecular complexity index is 564. The zero-order valence-electron chi connectivity index (χ0n) is 11.6. The first-order valence-electron chi connectivity index (χ1n) is 6.05. The monoisotopic (exact) mass is 261 g/mol. The van der Waals surface area contributed by atoms with Gasteiger partial charge in [0.15, 0.2) is 11.6 Å². The van der Waals surface area contributed by atoms with Crippen molar-refractivity contribution in [2.24, 2.45) is 0 Å². The van der Waals surface area contributed by atoms with E-state index >= 15 is 0 Å². The molecular formula is C13H19N5O. The highest BCUT2D eigenvalue weighted by atomic mass is 16.5. The van der Waals surface area contributed by atoms with Crippen LogP contribution in [0.15, 0.2) is 24.3 Å². The highest BCUT2D eigenvalue weighted by molar-refractivity contribution is 5.79. The molecule has 6 nitrogen and oxygen atoms in total. The normalized spacial score (nSPS) is 10.1. The Balaban J connectivity index is 2.57. The van der Waals surface area contributed by atoms with Crippen molar-refractivity contribution in [2.75, 3.05) is 44.2 Å². The second-order valence-corrected chi connectivity index (χ2v) is 3.94. The van der Waals surface area contributed by atoms with Gasteiger partial charge in [-0.15, -0.1) is 5.10 Å². The van der Waals surface area contributed by atoms with E-state index in [9.17, 15) is 0 Å². The number of rotatable bonds is 5. The number of hydrogen-bond acceptors (Lipinski definition) is 5. The van der Waals surface area contributed by atoms with Crippen LogP contribution in [0.2, 0.25) is 0 Å². The maximum atomic E-state index is 5.25. The molecule has 0 fully saturated rings. The van der Waals surface area contributed by atoms with E-state index in [1.165, 1.54) is 0 Å². The largest absolute Gasteiger partial charge is 0.497 e. The predicted molar refractivity (Wildman–Crippen MR) is 78.8 cm³/mol. The van der Waals surface area contributed by atoms with Gasteiger partial charge in [0.25, 0.3) is 0 Å². The number of benzene rings is 1. The Labute approximate surface area is 112 Å². The fourth-order valence-electron chi connectivity index (χ4n) is 1.99. The minimum Gasteiger partial charge on any atom is -0.497 e. The molecule has 102 valence electrons. The van der Waals surface area contributed by atoms with Crippen molar-refractivity contribution < 1.29 is 4.74 Å². The third kappa shape index (κ3) is 2.29. The topological polar surface area (TPSA) is 63.1 Å². The Morgan fingerprint density at radius 1 is 1.11 bits per heavy atom. The third-order valence-corrected chi connectivity index (χ3v) is 2.91. The van der Waals surface area contributed by atoms with Gasteiger partial charge in [0.2, 0.25) is 0 Å². The van der Waals surface area contributed by atoms with Crippen LogP contribution in [-0.4, -0.2) is 38.0 Å². The first-order chi connectivity index (χ1) is 9.24. The van der Waals surface area contributed by atoms with Gasteiger partial charge < -0.3 is 20.7 Å². The molecule has 0 saturated heterocycles. The number of methoxy groups -OCH3 is 1. The molecule has 0 unspecified atom stereocenters. The standard InChI is InChI=1S/C13H19N5O/c1-14-11-12(15-2)17-18(13(11)16-3)9-6-5-7-10(8-9)19-4/h5-8,14,16H,1-4H3,(H,15,17). The summed E-state index contributed by atoms with van der Waals surface area (Å²) in [5.41, 5.74) is 1.86. The lowest BCUT2D eigenvalue weighted by Crippen LogP contribution is -2.03. The molecule has 19 heavy (non-hydrogen) atoms. The van der Waals surface area contributed by atoms with Crippen LogP contribution in [-0.2, 0) is 0 Å². The van der Waals surface area contributed by atoms with Crippen LogP contribution in [0.1, 0.15) is 0 Å². The summed E-state index contributed by atoms with van der Waals surface area (Å²) in [6.45, 7) is 0. The molecule has 0 aliphatic rings. The molecule has 0 bridgehead atoms. The lowest BCUT2D eigenvalue weighted by molar-refractivity contribution is 0.414. The third-order valence-electron chi connectivity index (χ3n) is 2.91. The molecule has 1 aromatic carbocycles. The minimum atomic E-state index is 0.787. The van der Waals surface area contributed by atoms with E-state index in [4.69, 9.17) is 4.74 Å². The van der Waals surface area contributed by atoms with Crippen LogP contribution in [0.25, 0.3) is 5.69 Å². The number of anilines is 3. The maximum Gasteiger partial charge on any atom is 0.174 e. The zero-order valence-corrected chi connectivity index (χ0v) is 11.6. The Morgan fingerprint density at radius 3 is 2.47 bits per heavy atom. The molecule has 0 aliphatic carbocycles. The smallest absolute Gasteiger partial charge is 0.174 e. The lowest BCUT2D eigenvalue weighted by Gasteiger charge is -2.09. The van der Waals surface area contributed by atoms with Gasteiger partial charge in [0, 0.05) is 27.2 Å². The fraction of sp³-hybridized carbons (Fsp3) is 0.308. The van der Waals surface area contributed by atoms with Gasteiger partial charge >= 0.3 is 0 Å². The fourth-order valence-corrected chi connectivity index (χ4v) is 1.99. The molecule has 3 N–H and O–H groups in total. The molecule has 0 saturated carbocycles. The van der Waals surface area contributed by atoms with Crippen molar-refractivity contribution in [1.29, 1.82) is 0 Å². The van der Waals surface area contributed by atoms with Gasteiger partial charge in [-0.3, -0.25) is 0 Å². The zero-order chi connectivity index (χ0) is 13.8. The van der Waals surface area contributed by atoms with E-state index in [0.717, 1.165) is 28.8 Å². The highest BCUT2D eigenvalue weighted by Crippen LogP contribution is 2.32. The number of aromatic nitrogens is 2. The first-order valence-corrected chi connectivity index (χ1v) is 6.05. The van der Waals surface area contributed by atoms with Crippen molar-refractivity contribution in [2.45, 2.75) is 0 Å². The summed E-state index contributed by atoms with van der Waals surface area (Å²) in [4.78, 5) is 0. The number of ether oxygens (including phenoxy) is 1. The molecule has 6 heteroatoms. The quantitative estimate of drug-likeness (QED) is 0.768. The average molecular weight is 261 g/mol. The van der Waals surface area contributed by atoms with E-state index in [-0.39, 0.29) is 0 Å². The number of nitrogens with zero attached hydrogens (tertiary/aromatic N) is 2. The summed E-state index contributed by atoms with van der Waals surface area (Å²) in [5.74, 6) is 2.47. The van der Waals surface area contributed by atoms with E-state index in [1.54, 1.807) is 7.11 Å². The van der Waals surface area contributed by atoms with E-state index in [0.29, 0.717) is 0 Å². The Morgan fingerprint density at radius 2 is 1.89 bits per heavy atom. The Kier molecular flexibility index (Phi) is 3.79. The number of nitrogens with one attached hydrogen (secondary N) is 3. The molecule has 0 amide bonds. The summed E-state index contributed by atoms with van der Waals surface area (Å²) in [5, 5.41) is 13.9. The molecule has 0 atom stereocenters. The van der Waals surface area contributed by atoms with Gasteiger partial charge in [-0.05, 0) is 12.1 Å². The van der Waals surface area contributed by atoms with Crippen molar-refractivity contribution in [3.63, 3.8) is 0 Å². The summed E-state index contributed by atoms with van der Waals surface area (Å²) < 4.78 is 7.08. The second-order valence-electron chi connectivity index (χ2n) is 3.94. The van der Waals surface area contributed by atoms with Gasteiger partial charge in [0.05, 0.1) is 12.8 Å². The lowest BCUT2D eigenvalue weighted by atomic mass is 10.3. The van der Waals surface area contributed by atoms with Crippen LogP contribution >= 0.6 is 0 Å². The minimum absolute atomic E-state index is 0.787. The molecular weight excluding hydrogens is 242 g/mol. The second kappa shape index (κ2) is 5.51. The van der Waals surface area contributed by atoms with Crippen LogP contribution in [0.3, 0.4) is 0 Å². The van der Waals surface area contributed by atoms with Gasteiger partial charge in [-0.1, -0.05) is 6.07 Å². The summed E-state index contributed by atoms with van der Waals surface area (Å²) >= 11 is 0. The van der Waals surface area contributed by atoms with E-state index in [1.807, 2.05) is 50.1 Å². The predicted octanol–water partition coefficient (Wildman–Crippen LogP) is 2.01. The summed E-state index contributed by atoms with van der Waals surface area (Å²) in [6.07, 6.45) is 0. The molecule has 2 aromatic rings. The van der Waals surface area contributed by atoms with Crippen LogP contribution in [0.4, 0.5) is 17.3 Å². The van der Waals surface area contributed by atoms with E-state index in [2.05, 4.69) is 21.0 Å². The van der Waals surface area contributed by atoms with Crippen LogP contribution in [0.5, 0.6) is 5.75 Å². The Hall–Kier alpha value is -2.37. The average Bonchev–Trinajstić information content (AvgIpc) is 2.84. The highest BCUT2D eigenvalue weighted by Gasteiger charge is 2.16. The van der Waals surface area contributed by atoms with Crippen molar-refractivity contribution in [3.8, 4) is 11.4 Å². The molecule has 0 aliphatic heterocycles. The molecule has 1 heterocycles. The molecule has 0 spiro atoms. The number of hydrogen-bond donors (Lipinski definition) is 3. The first kappa shape index (κ1) is 13.1. The molecule has 2 rings (SSSR count). The van der Waals surface area contributed by atoms with Crippen molar-refractivity contribution in [1.82, 2.24) is 9.78 Å². The molecule has 1 aromatic heterocycles. The maximum absolute atomic E-state index is 5.25. The van der Waals surface area contributed by atoms with Crippen molar-refractivity contribution in [3.05, 3.63) is 24.3 Å². The van der Waals surface area contributed by atoms with E-state index < -0.39 is 0 Å². The van der Waals surface area contributed by atoms with Crippen molar-refractivity contribution >= 4 is 17.3 Å². The van der Waals surface area contributed by atoms with Gasteiger partial charge in [-0.2, -0.15) is 0 Å².